The molecule has 0 unspecified atom stereocenters. The Hall–Kier alpha value is -2.31. The highest BCUT2D eigenvalue weighted by molar-refractivity contribution is 6.36. The van der Waals surface area contributed by atoms with Gasteiger partial charge in [-0.2, -0.15) is 5.26 Å². The summed E-state index contributed by atoms with van der Waals surface area (Å²) in [5, 5.41) is 10.3. The molecular formula is C14H7ClN2O. The average Bonchev–Trinajstić information content (AvgIpc) is 2.40. The lowest BCUT2D eigenvalue weighted by Crippen LogP contribution is -2.04. The van der Waals surface area contributed by atoms with Gasteiger partial charge in [0.2, 0.25) is 0 Å². The molecule has 0 atom stereocenters. The first-order valence-corrected chi connectivity index (χ1v) is 5.73. The summed E-state index contributed by atoms with van der Waals surface area (Å²) < 4.78 is 0. The van der Waals surface area contributed by atoms with E-state index in [2.05, 4.69) is 4.98 Å². The Morgan fingerprint density at radius 3 is 2.67 bits per heavy atom. The number of hydrogen-bond donors (Lipinski definition) is 1. The highest BCUT2D eigenvalue weighted by Gasteiger charge is 2.10. The molecular weight excluding hydrogens is 248 g/mol. The van der Waals surface area contributed by atoms with Crippen molar-refractivity contribution in [3.05, 3.63) is 57.2 Å². The van der Waals surface area contributed by atoms with Crippen LogP contribution >= 0.6 is 11.6 Å². The van der Waals surface area contributed by atoms with Gasteiger partial charge in [-0.3, -0.25) is 4.79 Å². The molecule has 3 rings (SSSR count). The molecule has 3 nitrogen and oxygen atoms in total. The number of para-hydroxylation sites is 1. The lowest BCUT2D eigenvalue weighted by molar-refractivity contribution is 1.45. The molecule has 3 aromatic rings. The molecule has 18 heavy (non-hydrogen) atoms. The van der Waals surface area contributed by atoms with Crippen molar-refractivity contribution in [3.63, 3.8) is 0 Å². The van der Waals surface area contributed by atoms with E-state index in [9.17, 15) is 4.79 Å². The molecule has 2 aromatic carbocycles. The van der Waals surface area contributed by atoms with Crippen molar-refractivity contribution in [3.8, 4) is 6.07 Å². The zero-order valence-corrected chi connectivity index (χ0v) is 9.95. The van der Waals surface area contributed by atoms with Crippen LogP contribution in [0, 0.1) is 11.3 Å². The predicted octanol–water partition coefficient (Wildman–Crippen LogP) is 3.21. The first kappa shape index (κ1) is 10.8. The molecule has 86 valence electrons. The number of aromatic nitrogens is 1. The number of nitriles is 1. The normalized spacial score (nSPS) is 10.7. The van der Waals surface area contributed by atoms with E-state index in [0.29, 0.717) is 27.4 Å². The second-order valence-corrected chi connectivity index (χ2v) is 4.34. The molecule has 0 aliphatic heterocycles. The van der Waals surface area contributed by atoms with Crippen LogP contribution in [0.3, 0.4) is 0 Å². The summed E-state index contributed by atoms with van der Waals surface area (Å²) in [6.45, 7) is 0. The molecule has 0 saturated heterocycles. The molecule has 0 radical (unpaired) electrons. The Balaban J connectivity index is 2.61. The van der Waals surface area contributed by atoms with Gasteiger partial charge in [-0.1, -0.05) is 23.7 Å². The van der Waals surface area contributed by atoms with E-state index in [4.69, 9.17) is 16.9 Å². The lowest BCUT2D eigenvalue weighted by Gasteiger charge is -2.05. The van der Waals surface area contributed by atoms with Gasteiger partial charge in [-0.05, 0) is 24.3 Å². The molecule has 0 aliphatic rings. The minimum Gasteiger partial charge on any atom is -0.353 e. The first-order chi connectivity index (χ1) is 8.72. The van der Waals surface area contributed by atoms with E-state index in [1.54, 1.807) is 18.2 Å². The summed E-state index contributed by atoms with van der Waals surface area (Å²) in [7, 11) is 0. The number of rotatable bonds is 0. The van der Waals surface area contributed by atoms with Crippen molar-refractivity contribution in [1.29, 1.82) is 5.26 Å². The Kier molecular flexibility index (Phi) is 2.32. The number of H-pyrrole nitrogens is 1. The minimum absolute atomic E-state index is 0.0780. The molecule has 1 aromatic heterocycles. The van der Waals surface area contributed by atoms with E-state index in [-0.39, 0.29) is 10.5 Å². The van der Waals surface area contributed by atoms with Gasteiger partial charge in [-0.25, -0.2) is 0 Å². The van der Waals surface area contributed by atoms with Gasteiger partial charge in [0.05, 0.1) is 16.1 Å². The Morgan fingerprint density at radius 2 is 1.89 bits per heavy atom. The summed E-state index contributed by atoms with van der Waals surface area (Å²) in [4.78, 5) is 15.4. The second-order valence-electron chi connectivity index (χ2n) is 3.96. The number of nitrogens with one attached hydrogen (secondary N) is 1. The van der Waals surface area contributed by atoms with E-state index in [0.717, 1.165) is 0 Å². The fourth-order valence-corrected chi connectivity index (χ4v) is 2.30. The molecule has 0 aliphatic carbocycles. The smallest absolute Gasteiger partial charge is 0.197 e. The number of benzene rings is 2. The van der Waals surface area contributed by atoms with Gasteiger partial charge in [0.25, 0.3) is 0 Å². The quantitative estimate of drug-likeness (QED) is 0.626. The van der Waals surface area contributed by atoms with E-state index < -0.39 is 0 Å². The van der Waals surface area contributed by atoms with Crippen LogP contribution in [0.25, 0.3) is 21.8 Å². The van der Waals surface area contributed by atoms with Gasteiger partial charge in [0, 0.05) is 16.3 Å². The van der Waals surface area contributed by atoms with Crippen molar-refractivity contribution in [2.45, 2.75) is 0 Å². The van der Waals surface area contributed by atoms with Crippen molar-refractivity contribution < 1.29 is 0 Å². The fourth-order valence-electron chi connectivity index (χ4n) is 2.04. The van der Waals surface area contributed by atoms with Crippen LogP contribution in [-0.2, 0) is 0 Å². The molecule has 0 spiro atoms. The van der Waals surface area contributed by atoms with Gasteiger partial charge >= 0.3 is 0 Å². The largest absolute Gasteiger partial charge is 0.353 e. The monoisotopic (exact) mass is 254 g/mol. The van der Waals surface area contributed by atoms with E-state index in [1.165, 1.54) is 0 Å². The van der Waals surface area contributed by atoms with Crippen molar-refractivity contribution in [2.75, 3.05) is 0 Å². The highest BCUT2D eigenvalue weighted by Crippen LogP contribution is 2.25. The van der Waals surface area contributed by atoms with Gasteiger partial charge in [0.15, 0.2) is 5.43 Å². The van der Waals surface area contributed by atoms with Crippen LogP contribution < -0.4 is 5.43 Å². The minimum atomic E-state index is -0.0780. The van der Waals surface area contributed by atoms with Crippen LogP contribution in [0.2, 0.25) is 5.02 Å². The maximum absolute atomic E-state index is 12.3. The highest BCUT2D eigenvalue weighted by atomic mass is 35.5. The fraction of sp³-hybridized carbons (Fsp3) is 0. The molecule has 0 bridgehead atoms. The molecule has 1 heterocycles. The molecule has 1 N–H and O–H groups in total. The van der Waals surface area contributed by atoms with Crippen LogP contribution in [0.5, 0.6) is 0 Å². The first-order valence-electron chi connectivity index (χ1n) is 5.35. The standard InChI is InChI=1S/C14H7ClN2O/c15-12-8(7-16)5-6-10-13(12)17-11-4-2-1-3-9(11)14(10)18/h1-6H,(H,17,18). The number of pyridine rings is 1. The average molecular weight is 255 g/mol. The van der Waals surface area contributed by atoms with Crippen LogP contribution in [0.15, 0.2) is 41.2 Å². The Bertz CT molecular complexity index is 874. The van der Waals surface area contributed by atoms with E-state index >= 15 is 0 Å². The second kappa shape index (κ2) is 3.86. The van der Waals surface area contributed by atoms with Gasteiger partial charge in [0.1, 0.15) is 6.07 Å². The molecule has 4 heteroatoms. The number of hydrogen-bond acceptors (Lipinski definition) is 2. The third-order valence-electron chi connectivity index (χ3n) is 2.94. The number of fused-ring (bicyclic) bond motifs is 2. The predicted molar refractivity (Wildman–Crippen MR) is 71.8 cm³/mol. The summed E-state index contributed by atoms with van der Waals surface area (Å²) in [5.41, 5.74) is 1.51. The van der Waals surface area contributed by atoms with Crippen molar-refractivity contribution >= 4 is 33.4 Å². The number of halogens is 1. The maximum Gasteiger partial charge on any atom is 0.197 e. The number of nitrogens with zero attached hydrogens (tertiary/aromatic N) is 1. The van der Waals surface area contributed by atoms with Crippen molar-refractivity contribution in [2.24, 2.45) is 0 Å². The van der Waals surface area contributed by atoms with Crippen molar-refractivity contribution in [1.82, 2.24) is 4.98 Å². The van der Waals surface area contributed by atoms with Gasteiger partial charge < -0.3 is 4.98 Å². The van der Waals surface area contributed by atoms with E-state index in [1.807, 2.05) is 24.3 Å². The maximum atomic E-state index is 12.3. The Morgan fingerprint density at radius 1 is 1.11 bits per heavy atom. The zero-order valence-electron chi connectivity index (χ0n) is 9.20. The van der Waals surface area contributed by atoms with Crippen LogP contribution in [0.4, 0.5) is 0 Å². The number of aromatic amines is 1. The third-order valence-corrected chi connectivity index (χ3v) is 3.33. The van der Waals surface area contributed by atoms with Crippen LogP contribution in [0.1, 0.15) is 5.56 Å². The summed E-state index contributed by atoms with van der Waals surface area (Å²) in [6, 6.07) is 12.4. The zero-order chi connectivity index (χ0) is 12.7. The summed E-state index contributed by atoms with van der Waals surface area (Å²) in [6.07, 6.45) is 0. The van der Waals surface area contributed by atoms with Crippen LogP contribution in [-0.4, -0.2) is 4.98 Å². The third kappa shape index (κ3) is 1.40. The Labute approximate surface area is 107 Å². The molecule has 0 amide bonds. The molecule has 0 saturated carbocycles. The molecule has 0 fully saturated rings. The summed E-state index contributed by atoms with van der Waals surface area (Å²) >= 11 is 6.12. The lowest BCUT2D eigenvalue weighted by atomic mass is 10.1. The SMILES string of the molecule is N#Cc1ccc2c(=O)c3ccccc3[nH]c2c1Cl. The van der Waals surface area contributed by atoms with Gasteiger partial charge in [-0.15, -0.1) is 0 Å². The summed E-state index contributed by atoms with van der Waals surface area (Å²) in [5.74, 6) is 0. The topological polar surface area (TPSA) is 56.6 Å².